The van der Waals surface area contributed by atoms with Crippen molar-refractivity contribution in [2.75, 3.05) is 0 Å². The maximum Gasteiger partial charge on any atom is 0.331 e. The van der Waals surface area contributed by atoms with Crippen LogP contribution in [0.15, 0.2) is 11.6 Å². The van der Waals surface area contributed by atoms with Crippen LogP contribution in [0.25, 0.3) is 0 Å². The van der Waals surface area contributed by atoms with Gasteiger partial charge >= 0.3 is 5.97 Å². The molecule has 5 N–H and O–H groups in total. The lowest BCUT2D eigenvalue weighted by Crippen LogP contribution is -2.53. The molecule has 0 heterocycles. The molecule has 0 bridgehead atoms. The highest BCUT2D eigenvalue weighted by Crippen LogP contribution is 2.21. The molecule has 0 aromatic rings. The fourth-order valence-electron chi connectivity index (χ4n) is 2.00. The third-order valence-electron chi connectivity index (χ3n) is 3.23. The highest BCUT2D eigenvalue weighted by Gasteiger charge is 2.32. The van der Waals surface area contributed by atoms with Gasteiger partial charge in [0.05, 0.1) is 12.2 Å². The Morgan fingerprint density at radius 2 is 2.06 bits per heavy atom. The number of hydrogen-bond acceptors (Lipinski definition) is 4. The highest BCUT2D eigenvalue weighted by atomic mass is 35.5. The van der Waals surface area contributed by atoms with Crippen LogP contribution in [-0.4, -0.2) is 35.4 Å². The largest absolute Gasteiger partial charge is 0.478 e. The van der Waals surface area contributed by atoms with Crippen LogP contribution in [0.1, 0.15) is 33.1 Å². The van der Waals surface area contributed by atoms with E-state index in [1.165, 1.54) is 0 Å². The molecular weight excluding hydrogens is 256 g/mol. The molecule has 5 nitrogen and oxygen atoms in total. The van der Waals surface area contributed by atoms with Crippen molar-refractivity contribution in [2.24, 2.45) is 11.5 Å². The first-order valence-corrected chi connectivity index (χ1v) is 6.10. The zero-order valence-electron chi connectivity index (χ0n) is 10.8. The number of halogens is 1. The quantitative estimate of drug-likeness (QED) is 0.698. The van der Waals surface area contributed by atoms with E-state index in [2.05, 4.69) is 0 Å². The van der Waals surface area contributed by atoms with Crippen molar-refractivity contribution in [3.8, 4) is 0 Å². The first-order chi connectivity index (χ1) is 7.99. The van der Waals surface area contributed by atoms with Gasteiger partial charge in [-0.2, -0.15) is 0 Å². The van der Waals surface area contributed by atoms with Crippen LogP contribution in [-0.2, 0) is 9.53 Å². The second kappa shape index (κ2) is 7.74. The third-order valence-corrected chi connectivity index (χ3v) is 3.23. The standard InChI is InChI=1S/C12H22N2O3.ClH/c1-3-8(4-2)17-10-6-7(12(15)16)5-9(13)11(10)14;/h6,8-11H,3-5,13-14H2,1-2H3,(H,15,16);1H/t9-,10+,11+;/m0./s1. The molecule has 106 valence electrons. The minimum Gasteiger partial charge on any atom is -0.478 e. The van der Waals surface area contributed by atoms with Gasteiger partial charge in [0, 0.05) is 17.7 Å². The number of carboxylic acids is 1. The van der Waals surface area contributed by atoms with Crippen LogP contribution >= 0.6 is 12.4 Å². The van der Waals surface area contributed by atoms with Crippen LogP contribution in [0.5, 0.6) is 0 Å². The minimum absolute atomic E-state index is 0. The van der Waals surface area contributed by atoms with Gasteiger partial charge in [-0.1, -0.05) is 13.8 Å². The van der Waals surface area contributed by atoms with E-state index < -0.39 is 12.1 Å². The Hall–Kier alpha value is -0.620. The van der Waals surface area contributed by atoms with Crippen molar-refractivity contribution in [1.29, 1.82) is 0 Å². The fourth-order valence-corrected chi connectivity index (χ4v) is 2.00. The van der Waals surface area contributed by atoms with E-state index in [1.54, 1.807) is 6.08 Å². The Bertz CT molecular complexity index is 306. The Balaban J connectivity index is 0.00000289. The van der Waals surface area contributed by atoms with Crippen molar-refractivity contribution < 1.29 is 14.6 Å². The summed E-state index contributed by atoms with van der Waals surface area (Å²) in [5, 5.41) is 8.99. The van der Waals surface area contributed by atoms with Crippen molar-refractivity contribution in [2.45, 2.75) is 57.4 Å². The molecule has 0 aromatic carbocycles. The molecule has 0 aromatic heterocycles. The van der Waals surface area contributed by atoms with Crippen molar-refractivity contribution in [3.05, 3.63) is 11.6 Å². The van der Waals surface area contributed by atoms with Gasteiger partial charge in [-0.25, -0.2) is 4.79 Å². The van der Waals surface area contributed by atoms with Crippen LogP contribution < -0.4 is 11.5 Å². The molecule has 18 heavy (non-hydrogen) atoms. The number of rotatable bonds is 5. The van der Waals surface area contributed by atoms with E-state index in [0.29, 0.717) is 12.0 Å². The third kappa shape index (κ3) is 4.24. The van der Waals surface area contributed by atoms with Crippen molar-refractivity contribution in [1.82, 2.24) is 0 Å². The first kappa shape index (κ1) is 17.4. The summed E-state index contributed by atoms with van der Waals surface area (Å²) in [7, 11) is 0. The summed E-state index contributed by atoms with van der Waals surface area (Å²) in [5.41, 5.74) is 12.1. The number of carboxylic acid groups (broad SMARTS) is 1. The maximum absolute atomic E-state index is 11.0. The predicted molar refractivity (Wildman–Crippen MR) is 72.8 cm³/mol. The topological polar surface area (TPSA) is 98.6 Å². The molecule has 6 heteroatoms. The normalized spacial score (nSPS) is 27.6. The Morgan fingerprint density at radius 1 is 1.50 bits per heavy atom. The van der Waals surface area contributed by atoms with E-state index in [9.17, 15) is 4.79 Å². The van der Waals surface area contributed by atoms with E-state index in [4.69, 9.17) is 21.3 Å². The second-order valence-corrected chi connectivity index (χ2v) is 4.48. The number of hydrogen-bond donors (Lipinski definition) is 3. The first-order valence-electron chi connectivity index (χ1n) is 6.10. The van der Waals surface area contributed by atoms with Crippen LogP contribution in [0.4, 0.5) is 0 Å². The summed E-state index contributed by atoms with van der Waals surface area (Å²) in [6.45, 7) is 4.06. The van der Waals surface area contributed by atoms with Gasteiger partial charge in [-0.3, -0.25) is 0 Å². The Kier molecular flexibility index (Phi) is 7.47. The molecule has 0 fully saturated rings. The summed E-state index contributed by atoms with van der Waals surface area (Å²) in [6, 6.07) is -0.691. The summed E-state index contributed by atoms with van der Waals surface area (Å²) in [6.07, 6.45) is 3.38. The monoisotopic (exact) mass is 278 g/mol. The zero-order chi connectivity index (χ0) is 13.0. The number of aliphatic carboxylic acids is 1. The number of nitrogens with two attached hydrogens (primary N) is 2. The van der Waals surface area contributed by atoms with Crippen molar-refractivity contribution in [3.63, 3.8) is 0 Å². The van der Waals surface area contributed by atoms with Crippen molar-refractivity contribution >= 4 is 18.4 Å². The Labute approximate surface area is 114 Å². The van der Waals surface area contributed by atoms with Gasteiger partial charge < -0.3 is 21.3 Å². The van der Waals surface area contributed by atoms with Crippen LogP contribution in [0, 0.1) is 0 Å². The molecule has 0 saturated carbocycles. The molecule has 3 atom stereocenters. The lowest BCUT2D eigenvalue weighted by molar-refractivity contribution is -0.133. The molecule has 0 unspecified atom stereocenters. The summed E-state index contributed by atoms with van der Waals surface area (Å²) < 4.78 is 5.81. The SMILES string of the molecule is CCC(CC)O[C@@H]1C=C(C(=O)O)C[C@H](N)[C@H]1N.Cl. The average Bonchev–Trinajstić information content (AvgIpc) is 2.30. The highest BCUT2D eigenvalue weighted by molar-refractivity contribution is 5.87. The molecule has 0 radical (unpaired) electrons. The summed E-state index contributed by atoms with van der Waals surface area (Å²) in [5.74, 6) is -0.939. The predicted octanol–water partition coefficient (Wildman–Crippen LogP) is 1.05. The van der Waals surface area contributed by atoms with Gasteiger partial charge in [0.15, 0.2) is 0 Å². The molecule has 1 rings (SSSR count). The average molecular weight is 279 g/mol. The van der Waals surface area contributed by atoms with Gasteiger partial charge in [-0.15, -0.1) is 12.4 Å². The van der Waals surface area contributed by atoms with Gasteiger partial charge in [0.2, 0.25) is 0 Å². The number of carbonyl (C=O) groups is 1. The molecular formula is C12H23ClN2O3. The van der Waals surface area contributed by atoms with Gasteiger partial charge in [0.25, 0.3) is 0 Å². The molecule has 1 aliphatic carbocycles. The molecule has 0 spiro atoms. The van der Waals surface area contributed by atoms with Gasteiger partial charge in [0.1, 0.15) is 0 Å². The zero-order valence-corrected chi connectivity index (χ0v) is 11.7. The smallest absolute Gasteiger partial charge is 0.331 e. The molecule has 0 amide bonds. The maximum atomic E-state index is 11.0. The molecule has 0 saturated heterocycles. The lowest BCUT2D eigenvalue weighted by Gasteiger charge is -2.33. The molecule has 0 aliphatic heterocycles. The van der Waals surface area contributed by atoms with E-state index >= 15 is 0 Å². The van der Waals surface area contributed by atoms with E-state index in [1.807, 2.05) is 13.8 Å². The lowest BCUT2D eigenvalue weighted by atomic mass is 9.89. The second-order valence-electron chi connectivity index (χ2n) is 4.48. The Morgan fingerprint density at radius 3 is 2.50 bits per heavy atom. The summed E-state index contributed by atoms with van der Waals surface area (Å²) in [4.78, 5) is 11.0. The van der Waals surface area contributed by atoms with Crippen LogP contribution in [0.3, 0.4) is 0 Å². The molecule has 1 aliphatic rings. The van der Waals surface area contributed by atoms with Gasteiger partial charge in [-0.05, 0) is 25.3 Å². The van der Waals surface area contributed by atoms with E-state index in [0.717, 1.165) is 12.8 Å². The van der Waals surface area contributed by atoms with Crippen LogP contribution in [0.2, 0.25) is 0 Å². The minimum atomic E-state index is -0.939. The fraction of sp³-hybridized carbons (Fsp3) is 0.750. The number of ether oxygens (including phenoxy) is 1. The summed E-state index contributed by atoms with van der Waals surface area (Å²) >= 11 is 0. The van der Waals surface area contributed by atoms with E-state index in [-0.39, 0.29) is 30.6 Å².